The van der Waals surface area contributed by atoms with E-state index in [2.05, 4.69) is 15.6 Å². The topological polar surface area (TPSA) is 67.2 Å². The van der Waals surface area contributed by atoms with Crippen LogP contribution in [0.2, 0.25) is 0 Å². The van der Waals surface area contributed by atoms with Gasteiger partial charge < -0.3 is 9.73 Å². The lowest BCUT2D eigenvalue weighted by molar-refractivity contribution is 0.0974. The van der Waals surface area contributed by atoms with E-state index in [-0.39, 0.29) is 10.7 Å². The summed E-state index contributed by atoms with van der Waals surface area (Å²) in [5.74, 6) is -0.723. The second-order valence-electron chi connectivity index (χ2n) is 7.29. The molecule has 0 aliphatic heterocycles. The molecule has 31 heavy (non-hydrogen) atoms. The van der Waals surface area contributed by atoms with Crippen molar-refractivity contribution in [2.24, 2.45) is 0 Å². The summed E-state index contributed by atoms with van der Waals surface area (Å²) in [5.41, 5.74) is 6.07. The van der Waals surface area contributed by atoms with Gasteiger partial charge in [-0.1, -0.05) is 18.2 Å². The molecule has 7 heteroatoms. The highest BCUT2D eigenvalue weighted by atomic mass is 32.1. The van der Waals surface area contributed by atoms with Crippen LogP contribution in [0.15, 0.2) is 59.0 Å². The van der Waals surface area contributed by atoms with Crippen molar-refractivity contribution in [1.82, 2.24) is 10.3 Å². The average Bonchev–Trinajstić information content (AvgIpc) is 3.12. The first-order valence-corrected chi connectivity index (χ1v) is 10.1. The summed E-state index contributed by atoms with van der Waals surface area (Å²) in [6.45, 7) is 5.98. The molecule has 4 aromatic rings. The molecule has 0 aliphatic rings. The maximum atomic E-state index is 13.8. The van der Waals surface area contributed by atoms with Gasteiger partial charge in [-0.05, 0) is 86.1 Å². The normalized spacial score (nSPS) is 10.8. The van der Waals surface area contributed by atoms with E-state index >= 15 is 0 Å². The molecule has 0 saturated heterocycles. The third kappa shape index (κ3) is 4.18. The fraction of sp³-hybridized carbons (Fsp3) is 0.125. The van der Waals surface area contributed by atoms with Crippen molar-refractivity contribution in [3.8, 4) is 11.5 Å². The van der Waals surface area contributed by atoms with Gasteiger partial charge >= 0.3 is 0 Å². The lowest BCUT2D eigenvalue weighted by Gasteiger charge is -2.13. The number of hydrogen-bond acceptors (Lipinski definition) is 4. The number of benzene rings is 3. The number of nitrogens with one attached hydrogen (secondary N) is 2. The summed E-state index contributed by atoms with van der Waals surface area (Å²) in [6.07, 6.45) is 0. The molecule has 0 bridgehead atoms. The maximum absolute atomic E-state index is 13.8. The summed E-state index contributed by atoms with van der Waals surface area (Å²) in [7, 11) is 0. The van der Waals surface area contributed by atoms with E-state index in [1.54, 1.807) is 6.07 Å². The van der Waals surface area contributed by atoms with Crippen molar-refractivity contribution in [1.29, 1.82) is 0 Å². The molecule has 0 aliphatic carbocycles. The van der Waals surface area contributed by atoms with E-state index < -0.39 is 11.7 Å². The molecule has 0 fully saturated rings. The summed E-state index contributed by atoms with van der Waals surface area (Å²) < 4.78 is 19.8. The van der Waals surface area contributed by atoms with Crippen LogP contribution in [0.5, 0.6) is 0 Å². The van der Waals surface area contributed by atoms with E-state index in [4.69, 9.17) is 16.6 Å². The summed E-state index contributed by atoms with van der Waals surface area (Å²) in [5, 5.41) is 5.58. The number of amides is 1. The lowest BCUT2D eigenvalue weighted by Crippen LogP contribution is -2.34. The van der Waals surface area contributed by atoms with Crippen molar-refractivity contribution < 1.29 is 13.6 Å². The van der Waals surface area contributed by atoms with Gasteiger partial charge in [-0.15, -0.1) is 0 Å². The highest BCUT2D eigenvalue weighted by Crippen LogP contribution is 2.31. The highest BCUT2D eigenvalue weighted by molar-refractivity contribution is 7.80. The molecule has 0 radical (unpaired) electrons. The molecule has 0 unspecified atom stereocenters. The Bertz CT molecular complexity index is 1290. The Kier molecular flexibility index (Phi) is 5.52. The molecular formula is C24H20FN3O2S. The number of nitrogens with zero attached hydrogens (tertiary/aromatic N) is 1. The molecule has 1 aromatic heterocycles. The van der Waals surface area contributed by atoms with Crippen LogP contribution in [0.4, 0.5) is 10.1 Å². The number of aryl methyl sites for hydroxylation is 2. The van der Waals surface area contributed by atoms with E-state index in [9.17, 15) is 9.18 Å². The van der Waals surface area contributed by atoms with Gasteiger partial charge in [-0.3, -0.25) is 10.1 Å². The second-order valence-corrected chi connectivity index (χ2v) is 7.70. The minimum atomic E-state index is -0.617. The van der Waals surface area contributed by atoms with E-state index in [1.165, 1.54) is 18.2 Å². The first kappa shape index (κ1) is 20.7. The fourth-order valence-electron chi connectivity index (χ4n) is 3.27. The molecule has 0 atom stereocenters. The van der Waals surface area contributed by atoms with Crippen molar-refractivity contribution >= 4 is 40.0 Å². The van der Waals surface area contributed by atoms with Crippen LogP contribution in [0, 0.1) is 26.6 Å². The first-order chi connectivity index (χ1) is 14.8. The first-order valence-electron chi connectivity index (χ1n) is 9.68. The van der Waals surface area contributed by atoms with Gasteiger partial charge in [0, 0.05) is 11.3 Å². The van der Waals surface area contributed by atoms with Crippen LogP contribution in [-0.4, -0.2) is 16.0 Å². The number of halogens is 1. The minimum Gasteiger partial charge on any atom is -0.436 e. The zero-order valence-corrected chi connectivity index (χ0v) is 18.1. The van der Waals surface area contributed by atoms with Crippen LogP contribution in [0.1, 0.15) is 27.0 Å². The van der Waals surface area contributed by atoms with Gasteiger partial charge in [0.15, 0.2) is 10.7 Å². The molecule has 3 aromatic carbocycles. The third-order valence-electron chi connectivity index (χ3n) is 5.16. The lowest BCUT2D eigenvalue weighted by atomic mass is 10.1. The van der Waals surface area contributed by atoms with E-state index in [0.717, 1.165) is 33.4 Å². The van der Waals surface area contributed by atoms with Gasteiger partial charge in [0.2, 0.25) is 5.89 Å². The van der Waals surface area contributed by atoms with Gasteiger partial charge in [0.05, 0.1) is 5.56 Å². The number of aromatic nitrogens is 1. The van der Waals surface area contributed by atoms with E-state index in [0.29, 0.717) is 11.6 Å². The van der Waals surface area contributed by atoms with Crippen LogP contribution < -0.4 is 10.6 Å². The predicted octanol–water partition coefficient (Wildman–Crippen LogP) is 5.69. The van der Waals surface area contributed by atoms with Crippen molar-refractivity contribution in [3.05, 3.63) is 82.7 Å². The number of rotatable bonds is 3. The Hall–Kier alpha value is -3.58. The molecule has 0 saturated carbocycles. The summed E-state index contributed by atoms with van der Waals surface area (Å²) in [6, 6.07) is 15.3. The van der Waals surface area contributed by atoms with Gasteiger partial charge in [-0.2, -0.15) is 0 Å². The van der Waals surface area contributed by atoms with Crippen molar-refractivity contribution in [2.45, 2.75) is 20.8 Å². The summed E-state index contributed by atoms with van der Waals surface area (Å²) in [4.78, 5) is 16.9. The Balaban J connectivity index is 1.57. The van der Waals surface area contributed by atoms with Gasteiger partial charge in [0.1, 0.15) is 11.3 Å². The van der Waals surface area contributed by atoms with Gasteiger partial charge in [-0.25, -0.2) is 9.37 Å². The molecule has 2 N–H and O–H groups in total. The van der Waals surface area contributed by atoms with E-state index in [1.807, 2.05) is 51.1 Å². The molecule has 156 valence electrons. The minimum absolute atomic E-state index is 0.0670. The Morgan fingerprint density at radius 1 is 1.03 bits per heavy atom. The van der Waals surface area contributed by atoms with Crippen LogP contribution >= 0.6 is 12.2 Å². The number of oxazole rings is 1. The molecule has 1 heterocycles. The number of hydrogen-bond donors (Lipinski definition) is 2. The zero-order valence-electron chi connectivity index (χ0n) is 17.2. The van der Waals surface area contributed by atoms with Crippen molar-refractivity contribution in [3.63, 3.8) is 0 Å². The maximum Gasteiger partial charge on any atom is 0.260 e. The highest BCUT2D eigenvalue weighted by Gasteiger charge is 2.16. The molecule has 0 spiro atoms. The Morgan fingerprint density at radius 3 is 2.55 bits per heavy atom. The largest absolute Gasteiger partial charge is 0.436 e. The number of anilines is 1. The van der Waals surface area contributed by atoms with Crippen molar-refractivity contribution in [2.75, 3.05) is 5.32 Å². The summed E-state index contributed by atoms with van der Waals surface area (Å²) >= 11 is 5.25. The number of carbonyl (C=O) groups excluding carboxylic acids is 1. The number of carbonyl (C=O) groups is 1. The fourth-order valence-corrected chi connectivity index (χ4v) is 3.47. The number of fused-ring (bicyclic) bond motifs is 1. The zero-order chi connectivity index (χ0) is 22.1. The molecular weight excluding hydrogens is 413 g/mol. The molecule has 4 rings (SSSR count). The molecule has 1 amide bonds. The average molecular weight is 434 g/mol. The monoisotopic (exact) mass is 433 g/mol. The van der Waals surface area contributed by atoms with Crippen LogP contribution in [0.3, 0.4) is 0 Å². The third-order valence-corrected chi connectivity index (χ3v) is 5.37. The SMILES string of the molecule is Cc1cc2nc(-c3cccc(NC(=S)NC(=O)c4ccccc4F)c3C)oc2cc1C. The van der Waals surface area contributed by atoms with Gasteiger partial charge in [0.25, 0.3) is 5.91 Å². The Labute approximate surface area is 184 Å². The number of thiocarbonyl (C=S) groups is 1. The quantitative estimate of drug-likeness (QED) is 0.407. The van der Waals surface area contributed by atoms with Crippen LogP contribution in [0.25, 0.3) is 22.6 Å². The smallest absolute Gasteiger partial charge is 0.260 e. The predicted molar refractivity (Wildman–Crippen MR) is 124 cm³/mol. The second kappa shape index (κ2) is 8.28. The Morgan fingerprint density at radius 2 is 1.77 bits per heavy atom. The van der Waals surface area contributed by atoms with Crippen LogP contribution in [-0.2, 0) is 0 Å². The standard InChI is InChI=1S/C24H20FN3O2S/c1-13-11-20-21(12-14(13)2)30-23(26-20)16-8-6-10-19(15(16)3)27-24(31)28-22(29)17-7-4-5-9-18(17)25/h4-12H,1-3H3,(H2,27,28,29,31). The molecule has 5 nitrogen and oxygen atoms in total.